The van der Waals surface area contributed by atoms with Gasteiger partial charge in [0, 0.05) is 26.6 Å². The van der Waals surface area contributed by atoms with Crippen LogP contribution >= 0.6 is 0 Å². The fourth-order valence-electron chi connectivity index (χ4n) is 1.55. The zero-order chi connectivity index (χ0) is 12.6. The summed E-state index contributed by atoms with van der Waals surface area (Å²) in [5.74, 6) is -0.115. The normalized spacial score (nSPS) is 11.0. The summed E-state index contributed by atoms with van der Waals surface area (Å²) >= 11 is 0. The van der Waals surface area contributed by atoms with E-state index in [4.69, 9.17) is 5.73 Å². The van der Waals surface area contributed by atoms with Crippen LogP contribution in [0.1, 0.15) is 33.6 Å². The molecule has 4 N–H and O–H groups in total. The number of carbonyl (C=O) groups is 2. The Bertz CT molecular complexity index is 229. The van der Waals surface area contributed by atoms with Gasteiger partial charge in [-0.2, -0.15) is 0 Å². The van der Waals surface area contributed by atoms with Crippen molar-refractivity contribution in [1.82, 2.24) is 10.6 Å². The van der Waals surface area contributed by atoms with E-state index in [2.05, 4.69) is 10.6 Å². The van der Waals surface area contributed by atoms with Crippen LogP contribution in [0.3, 0.4) is 0 Å². The maximum atomic E-state index is 11.9. The van der Waals surface area contributed by atoms with Crippen LogP contribution in [0, 0.1) is 5.41 Å². The third-order valence-corrected chi connectivity index (χ3v) is 3.01. The molecule has 0 saturated carbocycles. The Hall–Kier alpha value is -1.10. The highest BCUT2D eigenvalue weighted by atomic mass is 16.2. The molecule has 0 saturated heterocycles. The van der Waals surface area contributed by atoms with Crippen molar-refractivity contribution in [2.45, 2.75) is 33.6 Å². The predicted octanol–water partition coefficient (Wildman–Crippen LogP) is 0.00380. The van der Waals surface area contributed by atoms with Crippen LogP contribution < -0.4 is 16.4 Å². The summed E-state index contributed by atoms with van der Waals surface area (Å²) in [7, 11) is 0. The van der Waals surface area contributed by atoms with E-state index in [0.717, 1.165) is 12.8 Å². The van der Waals surface area contributed by atoms with E-state index in [9.17, 15) is 9.59 Å². The topological polar surface area (TPSA) is 84.2 Å². The Kier molecular flexibility index (Phi) is 6.72. The van der Waals surface area contributed by atoms with Gasteiger partial charge in [0.15, 0.2) is 0 Å². The highest BCUT2D eigenvalue weighted by Gasteiger charge is 2.32. The van der Waals surface area contributed by atoms with E-state index in [0.29, 0.717) is 19.6 Å². The van der Waals surface area contributed by atoms with Crippen LogP contribution in [0.4, 0.5) is 0 Å². The summed E-state index contributed by atoms with van der Waals surface area (Å²) in [6.07, 6.45) is 1.46. The molecule has 0 aliphatic rings. The Morgan fingerprint density at radius 1 is 1.12 bits per heavy atom. The molecule has 5 heteroatoms. The van der Waals surface area contributed by atoms with E-state index in [1.807, 2.05) is 13.8 Å². The lowest BCUT2D eigenvalue weighted by molar-refractivity contribution is -0.131. The van der Waals surface area contributed by atoms with Gasteiger partial charge < -0.3 is 16.4 Å². The minimum Gasteiger partial charge on any atom is -0.355 e. The first-order chi connectivity index (χ1) is 7.52. The second-order valence-corrected chi connectivity index (χ2v) is 3.93. The summed E-state index contributed by atoms with van der Waals surface area (Å²) in [5, 5.41) is 5.42. The molecule has 0 rings (SSSR count). The highest BCUT2D eigenvalue weighted by molar-refractivity contribution is 5.82. The van der Waals surface area contributed by atoms with Crippen molar-refractivity contribution in [3.05, 3.63) is 0 Å². The van der Waals surface area contributed by atoms with Gasteiger partial charge in [0.2, 0.25) is 11.8 Å². The summed E-state index contributed by atoms with van der Waals surface area (Å²) in [6.45, 7) is 6.62. The molecule has 0 aliphatic heterocycles. The van der Waals surface area contributed by atoms with Crippen LogP contribution in [0.15, 0.2) is 0 Å². The summed E-state index contributed by atoms with van der Waals surface area (Å²) < 4.78 is 0. The van der Waals surface area contributed by atoms with Crippen molar-refractivity contribution >= 4 is 11.8 Å². The highest BCUT2D eigenvalue weighted by Crippen LogP contribution is 2.24. The van der Waals surface area contributed by atoms with Crippen LogP contribution in [0.25, 0.3) is 0 Å². The van der Waals surface area contributed by atoms with Gasteiger partial charge in [-0.15, -0.1) is 0 Å². The molecule has 0 spiro atoms. The van der Waals surface area contributed by atoms with Gasteiger partial charge in [-0.25, -0.2) is 0 Å². The number of rotatable bonds is 7. The van der Waals surface area contributed by atoms with Gasteiger partial charge in [0.25, 0.3) is 0 Å². The molecule has 5 nitrogen and oxygen atoms in total. The van der Waals surface area contributed by atoms with Gasteiger partial charge >= 0.3 is 0 Å². The number of nitrogens with two attached hydrogens (primary N) is 1. The largest absolute Gasteiger partial charge is 0.355 e. The second-order valence-electron chi connectivity index (χ2n) is 3.93. The molecule has 94 valence electrons. The molecule has 0 unspecified atom stereocenters. The van der Waals surface area contributed by atoms with Crippen LogP contribution in [0.2, 0.25) is 0 Å². The molecule has 0 aliphatic carbocycles. The van der Waals surface area contributed by atoms with Crippen molar-refractivity contribution in [1.29, 1.82) is 0 Å². The lowest BCUT2D eigenvalue weighted by Crippen LogP contribution is -2.47. The Morgan fingerprint density at radius 2 is 1.62 bits per heavy atom. The van der Waals surface area contributed by atoms with Gasteiger partial charge in [0.1, 0.15) is 0 Å². The van der Waals surface area contributed by atoms with E-state index in [1.165, 1.54) is 6.92 Å². The zero-order valence-corrected chi connectivity index (χ0v) is 10.4. The Balaban J connectivity index is 4.07. The molecule has 0 atom stereocenters. The van der Waals surface area contributed by atoms with Crippen molar-refractivity contribution in [3.63, 3.8) is 0 Å². The minimum absolute atomic E-state index is 0.0228. The number of nitrogens with one attached hydrogen (secondary N) is 2. The first-order valence-corrected chi connectivity index (χ1v) is 5.75. The molecule has 0 aromatic carbocycles. The predicted molar refractivity (Wildman–Crippen MR) is 63.8 cm³/mol. The maximum absolute atomic E-state index is 11.9. The molecular formula is C11H23N3O2. The fourth-order valence-corrected chi connectivity index (χ4v) is 1.55. The molecule has 2 amide bonds. The average molecular weight is 229 g/mol. The van der Waals surface area contributed by atoms with Crippen molar-refractivity contribution in [3.8, 4) is 0 Å². The summed E-state index contributed by atoms with van der Waals surface area (Å²) in [6, 6.07) is 0. The van der Waals surface area contributed by atoms with Crippen molar-refractivity contribution in [2.24, 2.45) is 11.1 Å². The summed E-state index contributed by atoms with van der Waals surface area (Å²) in [4.78, 5) is 22.5. The molecule has 0 fully saturated rings. The molecular weight excluding hydrogens is 206 g/mol. The average Bonchev–Trinajstić information content (AvgIpc) is 2.27. The van der Waals surface area contributed by atoms with E-state index in [1.54, 1.807) is 0 Å². The first kappa shape index (κ1) is 14.9. The van der Waals surface area contributed by atoms with Gasteiger partial charge in [-0.1, -0.05) is 13.8 Å². The minimum atomic E-state index is -0.462. The monoisotopic (exact) mass is 229 g/mol. The lowest BCUT2D eigenvalue weighted by atomic mass is 9.81. The van der Waals surface area contributed by atoms with Crippen LogP contribution in [-0.2, 0) is 9.59 Å². The second kappa shape index (κ2) is 7.22. The van der Waals surface area contributed by atoms with Crippen molar-refractivity contribution < 1.29 is 9.59 Å². The molecule has 0 aromatic heterocycles. The molecule has 0 heterocycles. The van der Waals surface area contributed by atoms with Gasteiger partial charge in [0.05, 0.1) is 5.41 Å². The smallest absolute Gasteiger partial charge is 0.227 e. The quantitative estimate of drug-likeness (QED) is 0.537. The number of amides is 2. The van der Waals surface area contributed by atoms with E-state index >= 15 is 0 Å². The molecule has 0 aromatic rings. The lowest BCUT2D eigenvalue weighted by Gasteiger charge is -2.28. The number of hydrogen-bond donors (Lipinski definition) is 3. The molecule has 16 heavy (non-hydrogen) atoms. The standard InChI is InChI=1S/C11H23N3O2/c1-4-11(5-2,8-12)10(16)14-7-6-13-9(3)15/h4-8,12H2,1-3H3,(H,13,15)(H,14,16). The van der Waals surface area contributed by atoms with Crippen LogP contribution in [-0.4, -0.2) is 31.4 Å². The molecule has 0 bridgehead atoms. The Labute approximate surface area is 97.2 Å². The first-order valence-electron chi connectivity index (χ1n) is 5.75. The SMILES string of the molecule is CCC(CC)(CN)C(=O)NCCNC(C)=O. The van der Waals surface area contributed by atoms with E-state index < -0.39 is 5.41 Å². The number of carbonyl (C=O) groups excluding carboxylic acids is 2. The van der Waals surface area contributed by atoms with Gasteiger partial charge in [-0.05, 0) is 12.8 Å². The summed E-state index contributed by atoms with van der Waals surface area (Å²) in [5.41, 5.74) is 5.19. The van der Waals surface area contributed by atoms with E-state index in [-0.39, 0.29) is 11.8 Å². The zero-order valence-electron chi connectivity index (χ0n) is 10.4. The van der Waals surface area contributed by atoms with Crippen LogP contribution in [0.5, 0.6) is 0 Å². The number of hydrogen-bond acceptors (Lipinski definition) is 3. The fraction of sp³-hybridized carbons (Fsp3) is 0.818. The molecule has 0 radical (unpaired) electrons. The Morgan fingerprint density at radius 3 is 2.00 bits per heavy atom. The van der Waals surface area contributed by atoms with Gasteiger partial charge in [-0.3, -0.25) is 9.59 Å². The maximum Gasteiger partial charge on any atom is 0.227 e. The third-order valence-electron chi connectivity index (χ3n) is 3.01. The van der Waals surface area contributed by atoms with Crippen molar-refractivity contribution in [2.75, 3.05) is 19.6 Å². The third kappa shape index (κ3) is 4.18.